The topological polar surface area (TPSA) is 102 Å². The Labute approximate surface area is 243 Å². The highest BCUT2D eigenvalue weighted by Gasteiger charge is 2.32. The number of hydrogen-bond acceptors (Lipinski definition) is 6. The van der Waals surface area contributed by atoms with Gasteiger partial charge in [0.2, 0.25) is 5.91 Å². The van der Waals surface area contributed by atoms with Crippen molar-refractivity contribution >= 4 is 34.6 Å². The first kappa shape index (κ1) is 28.9. The number of amidine groups is 1. The minimum absolute atomic E-state index is 0.125. The zero-order valence-corrected chi connectivity index (χ0v) is 23.3. The van der Waals surface area contributed by atoms with Crippen molar-refractivity contribution in [3.63, 3.8) is 0 Å². The van der Waals surface area contributed by atoms with Crippen molar-refractivity contribution in [2.75, 3.05) is 10.7 Å². The normalized spacial score (nSPS) is 15.2. The number of nitrogens with zero attached hydrogens (tertiary/aromatic N) is 5. The number of ether oxygens (including phenoxy) is 1. The number of anilines is 1. The van der Waals surface area contributed by atoms with Gasteiger partial charge in [0.25, 0.3) is 0 Å². The van der Waals surface area contributed by atoms with Crippen LogP contribution in [0.1, 0.15) is 31.0 Å². The number of amides is 3. The number of urea groups is 1. The van der Waals surface area contributed by atoms with Crippen molar-refractivity contribution in [2.45, 2.75) is 32.7 Å². The Balaban J connectivity index is 1.24. The fraction of sp³-hybridized carbons (Fsp3) is 0.207. The number of halogens is 3. The third-order valence-corrected chi connectivity index (χ3v) is 7.33. The summed E-state index contributed by atoms with van der Waals surface area (Å²) in [6.45, 7) is 3.83. The van der Waals surface area contributed by atoms with Gasteiger partial charge < -0.3 is 10.1 Å². The molecule has 1 aliphatic heterocycles. The van der Waals surface area contributed by atoms with Crippen LogP contribution in [0.15, 0.2) is 84.1 Å². The SMILES string of the molecule is CCc1ccccc1N1C(=O)CS/C1=N\C(=O)NC(C)c1ccc(-c2ncn(-c3ccc(OC(F)(F)F)cc3)n2)cc1. The monoisotopic (exact) mass is 594 g/mol. The second-order valence-electron chi connectivity index (χ2n) is 9.24. The maximum absolute atomic E-state index is 12.8. The Morgan fingerprint density at radius 1 is 1.10 bits per heavy atom. The number of carbonyl (C=O) groups is 2. The second kappa shape index (κ2) is 12.1. The van der Waals surface area contributed by atoms with Gasteiger partial charge >= 0.3 is 12.4 Å². The fourth-order valence-electron chi connectivity index (χ4n) is 4.34. The molecular weight excluding hydrogens is 569 g/mol. The van der Waals surface area contributed by atoms with Crippen LogP contribution < -0.4 is 15.0 Å². The molecule has 1 aliphatic rings. The number of alkyl halides is 3. The molecule has 3 aromatic carbocycles. The van der Waals surface area contributed by atoms with Crippen LogP contribution >= 0.6 is 11.8 Å². The first-order chi connectivity index (χ1) is 20.1. The molecule has 3 amide bonds. The lowest BCUT2D eigenvalue weighted by atomic mass is 10.1. The Kier molecular flexibility index (Phi) is 8.29. The van der Waals surface area contributed by atoms with Gasteiger partial charge in [-0.2, -0.15) is 4.99 Å². The van der Waals surface area contributed by atoms with Gasteiger partial charge in [-0.1, -0.05) is 61.2 Å². The summed E-state index contributed by atoms with van der Waals surface area (Å²) in [5.41, 5.74) is 3.75. The van der Waals surface area contributed by atoms with Gasteiger partial charge in [0.05, 0.1) is 23.2 Å². The van der Waals surface area contributed by atoms with Gasteiger partial charge in [0.1, 0.15) is 12.1 Å². The number of carbonyl (C=O) groups excluding carboxylic acids is 2. The van der Waals surface area contributed by atoms with Crippen LogP contribution in [0.25, 0.3) is 17.1 Å². The fourth-order valence-corrected chi connectivity index (χ4v) is 5.20. The number of benzene rings is 3. The molecule has 0 spiro atoms. The van der Waals surface area contributed by atoms with Crippen LogP contribution in [-0.2, 0) is 11.2 Å². The number of hydrogen-bond donors (Lipinski definition) is 1. The molecule has 1 unspecified atom stereocenters. The van der Waals surface area contributed by atoms with Crippen LogP contribution in [0, 0.1) is 0 Å². The van der Waals surface area contributed by atoms with Gasteiger partial charge in [0, 0.05) is 5.56 Å². The van der Waals surface area contributed by atoms with E-state index in [-0.39, 0.29) is 23.5 Å². The Hall–Kier alpha value is -4.65. The van der Waals surface area contributed by atoms with E-state index in [1.54, 1.807) is 12.1 Å². The lowest BCUT2D eigenvalue weighted by Gasteiger charge is -2.19. The molecule has 2 heterocycles. The highest BCUT2D eigenvalue weighted by Crippen LogP contribution is 2.30. The van der Waals surface area contributed by atoms with E-state index in [0.29, 0.717) is 22.2 Å². The molecule has 216 valence electrons. The number of aromatic nitrogens is 3. The molecule has 9 nitrogen and oxygen atoms in total. The van der Waals surface area contributed by atoms with Gasteiger partial charge in [-0.15, -0.1) is 18.3 Å². The van der Waals surface area contributed by atoms with Crippen molar-refractivity contribution < 1.29 is 27.5 Å². The molecule has 0 radical (unpaired) electrons. The first-order valence-electron chi connectivity index (χ1n) is 12.9. The van der Waals surface area contributed by atoms with E-state index >= 15 is 0 Å². The van der Waals surface area contributed by atoms with Gasteiger partial charge in [-0.05, 0) is 54.8 Å². The third kappa shape index (κ3) is 6.62. The molecule has 1 saturated heterocycles. The molecule has 5 rings (SSSR count). The largest absolute Gasteiger partial charge is 0.573 e. The van der Waals surface area contributed by atoms with E-state index < -0.39 is 12.4 Å². The molecule has 1 N–H and O–H groups in total. The molecule has 42 heavy (non-hydrogen) atoms. The molecule has 1 atom stereocenters. The quantitative estimate of drug-likeness (QED) is 0.269. The summed E-state index contributed by atoms with van der Waals surface area (Å²) in [6.07, 6.45) is -2.57. The van der Waals surface area contributed by atoms with Crippen molar-refractivity contribution in [1.29, 1.82) is 0 Å². The number of aryl methyl sites for hydroxylation is 1. The average molecular weight is 595 g/mol. The number of thioether (sulfide) groups is 1. The number of para-hydroxylation sites is 1. The maximum atomic E-state index is 12.8. The third-order valence-electron chi connectivity index (χ3n) is 6.41. The molecule has 13 heteroatoms. The predicted molar refractivity (Wildman–Crippen MR) is 154 cm³/mol. The van der Waals surface area contributed by atoms with E-state index in [0.717, 1.165) is 23.2 Å². The van der Waals surface area contributed by atoms with Crippen LogP contribution in [0.5, 0.6) is 5.75 Å². The molecule has 0 aliphatic carbocycles. The van der Waals surface area contributed by atoms with Crippen molar-refractivity contribution in [3.8, 4) is 22.8 Å². The van der Waals surface area contributed by atoms with Crippen LogP contribution in [0.2, 0.25) is 0 Å². The summed E-state index contributed by atoms with van der Waals surface area (Å²) >= 11 is 1.22. The van der Waals surface area contributed by atoms with Crippen molar-refractivity contribution in [3.05, 3.63) is 90.3 Å². The number of aliphatic imine (C=N–C) groups is 1. The minimum atomic E-state index is -4.76. The maximum Gasteiger partial charge on any atom is 0.573 e. The average Bonchev–Trinajstić information content (AvgIpc) is 3.59. The zero-order valence-electron chi connectivity index (χ0n) is 22.5. The van der Waals surface area contributed by atoms with Gasteiger partial charge in [-0.25, -0.2) is 14.5 Å². The summed E-state index contributed by atoms with van der Waals surface area (Å²) in [5, 5.41) is 7.59. The van der Waals surface area contributed by atoms with E-state index in [9.17, 15) is 22.8 Å². The van der Waals surface area contributed by atoms with Gasteiger partial charge in [-0.3, -0.25) is 9.69 Å². The van der Waals surface area contributed by atoms with Crippen LogP contribution in [-0.4, -0.2) is 44.0 Å². The minimum Gasteiger partial charge on any atom is -0.406 e. The predicted octanol–water partition coefficient (Wildman–Crippen LogP) is 6.30. The summed E-state index contributed by atoms with van der Waals surface area (Å²) in [4.78, 5) is 35.4. The lowest BCUT2D eigenvalue weighted by molar-refractivity contribution is -0.274. The van der Waals surface area contributed by atoms with E-state index in [4.69, 9.17) is 0 Å². The highest BCUT2D eigenvalue weighted by molar-refractivity contribution is 8.15. The Morgan fingerprint density at radius 3 is 2.50 bits per heavy atom. The van der Waals surface area contributed by atoms with Crippen molar-refractivity contribution in [2.24, 2.45) is 4.99 Å². The molecule has 1 aromatic heterocycles. The smallest absolute Gasteiger partial charge is 0.406 e. The Bertz CT molecular complexity index is 1620. The summed E-state index contributed by atoms with van der Waals surface area (Å²) in [5.74, 6) is 0.169. The van der Waals surface area contributed by atoms with Crippen LogP contribution in [0.3, 0.4) is 0 Å². The Morgan fingerprint density at radius 2 is 1.81 bits per heavy atom. The number of rotatable bonds is 7. The van der Waals surface area contributed by atoms with Gasteiger partial charge in [0.15, 0.2) is 11.0 Å². The molecular formula is C29H25F3N6O3S. The van der Waals surface area contributed by atoms with E-state index in [1.807, 2.05) is 50.2 Å². The molecule has 1 fully saturated rings. The highest BCUT2D eigenvalue weighted by atomic mass is 32.2. The number of nitrogens with one attached hydrogen (secondary N) is 1. The molecule has 4 aromatic rings. The summed E-state index contributed by atoms with van der Waals surface area (Å²) in [7, 11) is 0. The van der Waals surface area contributed by atoms with Crippen LogP contribution in [0.4, 0.5) is 23.7 Å². The first-order valence-corrected chi connectivity index (χ1v) is 13.9. The summed E-state index contributed by atoms with van der Waals surface area (Å²) < 4.78 is 42.5. The van der Waals surface area contributed by atoms with Crippen molar-refractivity contribution in [1.82, 2.24) is 20.1 Å². The lowest BCUT2D eigenvalue weighted by Crippen LogP contribution is -2.32. The van der Waals surface area contributed by atoms with E-state index in [1.165, 1.54) is 51.9 Å². The zero-order chi connectivity index (χ0) is 29.9. The molecule has 0 bridgehead atoms. The standard InChI is InChI=1S/C29H25F3N6O3S/c1-3-19-6-4-5-7-24(19)38-25(39)16-42-28(38)35-27(40)34-18(2)20-8-10-21(11-9-20)26-33-17-37(36-26)22-12-14-23(15-13-22)41-29(30,31)32/h4-15,17-18H,3,16H2,1-2H3,(H,34,40)/b35-28-. The molecule has 0 saturated carbocycles. The second-order valence-corrected chi connectivity index (χ2v) is 10.2. The summed E-state index contributed by atoms with van der Waals surface area (Å²) in [6, 6.07) is 19.2. The van der Waals surface area contributed by atoms with E-state index in [2.05, 4.69) is 25.1 Å².